The van der Waals surface area contributed by atoms with Crippen LogP contribution in [0.5, 0.6) is 0 Å². The van der Waals surface area contributed by atoms with Gasteiger partial charge in [0.2, 0.25) is 0 Å². The summed E-state index contributed by atoms with van der Waals surface area (Å²) < 4.78 is 14.5. The van der Waals surface area contributed by atoms with Gasteiger partial charge < -0.3 is 0 Å². The van der Waals surface area contributed by atoms with Gasteiger partial charge in [0, 0.05) is 5.56 Å². The molecule has 0 aliphatic carbocycles. The largest absolute Gasteiger partial charge is 0.206 e. The first-order valence-electron chi connectivity index (χ1n) is 10.1. The second kappa shape index (κ2) is 11.1. The summed E-state index contributed by atoms with van der Waals surface area (Å²) in [6, 6.07) is 14.2. The number of hydrogen-bond acceptors (Lipinski definition) is 0. The summed E-state index contributed by atoms with van der Waals surface area (Å²) in [6.45, 7) is 4.44. The molecule has 0 spiro atoms. The van der Waals surface area contributed by atoms with E-state index < -0.39 is 0 Å². The lowest BCUT2D eigenvalue weighted by atomic mass is 9.98. The van der Waals surface area contributed by atoms with Crippen LogP contribution in [-0.2, 0) is 12.8 Å². The second-order valence-electron chi connectivity index (χ2n) is 7.13. The third-order valence-electron chi connectivity index (χ3n) is 4.94. The summed E-state index contributed by atoms with van der Waals surface area (Å²) in [5.41, 5.74) is 4.16. The van der Waals surface area contributed by atoms with Gasteiger partial charge in [0.25, 0.3) is 0 Å². The Morgan fingerprint density at radius 1 is 0.640 bits per heavy atom. The van der Waals surface area contributed by atoms with Crippen molar-refractivity contribution in [2.24, 2.45) is 0 Å². The third-order valence-corrected chi connectivity index (χ3v) is 4.94. The van der Waals surface area contributed by atoms with Crippen LogP contribution in [0, 0.1) is 5.82 Å². The molecule has 0 aliphatic heterocycles. The molecule has 0 unspecified atom stereocenters. The predicted molar refractivity (Wildman–Crippen MR) is 108 cm³/mol. The normalized spacial score (nSPS) is 11.0. The zero-order valence-electron chi connectivity index (χ0n) is 16.0. The molecular formula is C24H33F. The summed E-state index contributed by atoms with van der Waals surface area (Å²) in [6.07, 6.45) is 12.2. The van der Waals surface area contributed by atoms with Gasteiger partial charge in [0.15, 0.2) is 0 Å². The molecule has 0 atom stereocenters. The topological polar surface area (TPSA) is 0 Å². The Kier molecular flexibility index (Phi) is 8.72. The Hall–Kier alpha value is -1.63. The quantitative estimate of drug-likeness (QED) is 0.367. The number of hydrogen-bond donors (Lipinski definition) is 0. The lowest BCUT2D eigenvalue weighted by Gasteiger charge is -2.08. The molecule has 0 radical (unpaired) electrons. The van der Waals surface area contributed by atoms with Crippen LogP contribution in [0.15, 0.2) is 42.5 Å². The first kappa shape index (κ1) is 19.7. The van der Waals surface area contributed by atoms with E-state index in [1.807, 2.05) is 6.07 Å². The molecule has 0 saturated heterocycles. The maximum absolute atomic E-state index is 14.5. The fourth-order valence-electron chi connectivity index (χ4n) is 3.31. The Labute approximate surface area is 153 Å². The summed E-state index contributed by atoms with van der Waals surface area (Å²) in [5.74, 6) is -0.0960. The molecular weight excluding hydrogens is 307 g/mol. The zero-order valence-corrected chi connectivity index (χ0v) is 16.0. The minimum Gasteiger partial charge on any atom is -0.206 e. The van der Waals surface area contributed by atoms with Crippen molar-refractivity contribution in [3.05, 3.63) is 59.4 Å². The van der Waals surface area contributed by atoms with Gasteiger partial charge >= 0.3 is 0 Å². The van der Waals surface area contributed by atoms with E-state index in [-0.39, 0.29) is 5.82 Å². The van der Waals surface area contributed by atoms with Crippen molar-refractivity contribution in [2.45, 2.75) is 78.1 Å². The van der Waals surface area contributed by atoms with Crippen LogP contribution in [0.4, 0.5) is 4.39 Å². The fraction of sp³-hybridized carbons (Fsp3) is 0.500. The van der Waals surface area contributed by atoms with Crippen molar-refractivity contribution in [1.29, 1.82) is 0 Å². The second-order valence-corrected chi connectivity index (χ2v) is 7.13. The van der Waals surface area contributed by atoms with Gasteiger partial charge in [-0.1, -0.05) is 88.8 Å². The van der Waals surface area contributed by atoms with E-state index in [9.17, 15) is 4.39 Å². The number of benzene rings is 2. The molecule has 2 rings (SSSR count). The van der Waals surface area contributed by atoms with E-state index in [4.69, 9.17) is 0 Å². The number of unbranched alkanes of at least 4 members (excludes halogenated alkanes) is 6. The van der Waals surface area contributed by atoms with Crippen molar-refractivity contribution in [3.8, 4) is 11.1 Å². The first-order chi connectivity index (χ1) is 12.2. The van der Waals surface area contributed by atoms with Crippen molar-refractivity contribution >= 4 is 0 Å². The number of rotatable bonds is 11. The Bertz CT molecular complexity index is 612. The van der Waals surface area contributed by atoms with E-state index in [1.54, 1.807) is 6.07 Å². The van der Waals surface area contributed by atoms with Gasteiger partial charge in [-0.3, -0.25) is 0 Å². The van der Waals surface area contributed by atoms with Crippen molar-refractivity contribution in [1.82, 2.24) is 0 Å². The molecule has 136 valence electrons. The molecule has 0 saturated carbocycles. The molecule has 2 aromatic rings. The Morgan fingerprint density at radius 3 is 1.88 bits per heavy atom. The van der Waals surface area contributed by atoms with Gasteiger partial charge in [-0.15, -0.1) is 0 Å². The summed E-state index contributed by atoms with van der Waals surface area (Å²) in [5, 5.41) is 0. The minimum atomic E-state index is -0.0960. The maximum Gasteiger partial charge on any atom is 0.131 e. The molecule has 0 nitrogen and oxygen atoms in total. The highest BCUT2D eigenvalue weighted by molar-refractivity contribution is 5.64. The van der Waals surface area contributed by atoms with Crippen LogP contribution in [-0.4, -0.2) is 0 Å². The molecule has 2 aromatic carbocycles. The van der Waals surface area contributed by atoms with Crippen LogP contribution in [0.2, 0.25) is 0 Å². The highest BCUT2D eigenvalue weighted by atomic mass is 19.1. The summed E-state index contributed by atoms with van der Waals surface area (Å²) >= 11 is 0. The Morgan fingerprint density at radius 2 is 1.20 bits per heavy atom. The molecule has 0 aromatic heterocycles. The molecule has 25 heavy (non-hydrogen) atoms. The average molecular weight is 341 g/mol. The highest BCUT2D eigenvalue weighted by Gasteiger charge is 2.06. The molecule has 0 N–H and O–H groups in total. The van der Waals surface area contributed by atoms with E-state index >= 15 is 0 Å². The molecule has 0 bridgehead atoms. The van der Waals surface area contributed by atoms with Crippen molar-refractivity contribution in [2.75, 3.05) is 0 Å². The summed E-state index contributed by atoms with van der Waals surface area (Å²) in [4.78, 5) is 0. The van der Waals surface area contributed by atoms with Gasteiger partial charge in [0.1, 0.15) is 5.82 Å². The lowest BCUT2D eigenvalue weighted by Crippen LogP contribution is -1.91. The van der Waals surface area contributed by atoms with Gasteiger partial charge in [-0.25, -0.2) is 4.39 Å². The fourth-order valence-corrected chi connectivity index (χ4v) is 3.31. The molecule has 1 heteroatoms. The smallest absolute Gasteiger partial charge is 0.131 e. The van der Waals surface area contributed by atoms with Crippen molar-refractivity contribution in [3.63, 3.8) is 0 Å². The van der Waals surface area contributed by atoms with Gasteiger partial charge in [-0.2, -0.15) is 0 Å². The van der Waals surface area contributed by atoms with Gasteiger partial charge in [-0.05, 0) is 48.4 Å². The Balaban J connectivity index is 1.92. The third kappa shape index (κ3) is 6.65. The van der Waals surface area contributed by atoms with E-state index in [0.29, 0.717) is 5.56 Å². The summed E-state index contributed by atoms with van der Waals surface area (Å²) in [7, 11) is 0. The molecule has 0 heterocycles. The SMILES string of the molecule is CCCCCCCc1ccc(-c2ccc(CCCCC)cc2F)cc1. The first-order valence-corrected chi connectivity index (χ1v) is 10.1. The van der Waals surface area contributed by atoms with E-state index in [2.05, 4.69) is 44.2 Å². The van der Waals surface area contributed by atoms with Crippen LogP contribution >= 0.6 is 0 Å². The van der Waals surface area contributed by atoms with Gasteiger partial charge in [0.05, 0.1) is 0 Å². The van der Waals surface area contributed by atoms with E-state index in [1.165, 1.54) is 50.5 Å². The minimum absolute atomic E-state index is 0.0960. The van der Waals surface area contributed by atoms with Crippen LogP contribution in [0.25, 0.3) is 11.1 Å². The van der Waals surface area contributed by atoms with Crippen LogP contribution in [0.1, 0.15) is 76.3 Å². The molecule has 0 amide bonds. The maximum atomic E-state index is 14.5. The highest BCUT2D eigenvalue weighted by Crippen LogP contribution is 2.25. The predicted octanol–water partition coefficient (Wildman–Crippen LogP) is 7.74. The number of halogens is 1. The lowest BCUT2D eigenvalue weighted by molar-refractivity contribution is 0.626. The van der Waals surface area contributed by atoms with Crippen molar-refractivity contribution < 1.29 is 4.39 Å². The number of aryl methyl sites for hydroxylation is 2. The standard InChI is InChI=1S/C24H33F/c1-3-5-7-8-10-11-20-13-16-22(17-14-20)23-18-15-21(19-24(23)25)12-9-6-4-2/h13-19H,3-12H2,1-2H3. The molecule has 0 fully saturated rings. The zero-order chi connectivity index (χ0) is 17.9. The van der Waals surface area contributed by atoms with Crippen LogP contribution < -0.4 is 0 Å². The van der Waals surface area contributed by atoms with E-state index in [0.717, 1.165) is 30.4 Å². The molecule has 0 aliphatic rings. The average Bonchev–Trinajstić information content (AvgIpc) is 2.63. The van der Waals surface area contributed by atoms with Crippen LogP contribution in [0.3, 0.4) is 0 Å². The monoisotopic (exact) mass is 340 g/mol.